The van der Waals surface area contributed by atoms with Gasteiger partial charge in [-0.2, -0.15) is 0 Å². The smallest absolute Gasteiger partial charge is 0.274 e. The molecule has 0 N–H and O–H groups in total. The van der Waals surface area contributed by atoms with Crippen molar-refractivity contribution in [1.29, 1.82) is 0 Å². The first-order chi connectivity index (χ1) is 7.86. The van der Waals surface area contributed by atoms with E-state index in [1.807, 2.05) is 48.8 Å². The van der Waals surface area contributed by atoms with Crippen LogP contribution in [0, 0.1) is 0 Å². The van der Waals surface area contributed by atoms with Gasteiger partial charge < -0.3 is 0 Å². The third kappa shape index (κ3) is 1.82. The minimum atomic E-state index is 0.924. The molecule has 0 amide bonds. The van der Waals surface area contributed by atoms with Crippen LogP contribution in [0.5, 0.6) is 0 Å². The van der Waals surface area contributed by atoms with Crippen LogP contribution >= 0.6 is 0 Å². The van der Waals surface area contributed by atoms with E-state index >= 15 is 0 Å². The highest BCUT2D eigenvalue weighted by atomic mass is 16.7. The zero-order chi connectivity index (χ0) is 11.4. The number of hydrogen-bond donors (Lipinski definition) is 0. The molecule has 0 bridgehead atoms. The normalized spacial score (nSPS) is 9.88. The van der Waals surface area contributed by atoms with E-state index in [0.29, 0.717) is 0 Å². The zero-order valence-corrected chi connectivity index (χ0v) is 9.33. The molecule has 0 aromatic carbocycles. The quantitative estimate of drug-likeness (QED) is 0.680. The molecule has 0 atom stereocenters. The summed E-state index contributed by atoms with van der Waals surface area (Å²) in [7, 11) is 3.26. The highest BCUT2D eigenvalue weighted by Gasteiger charge is 2.24. The Morgan fingerprint density at radius 3 is 1.56 bits per heavy atom. The molecule has 2 rings (SSSR count). The number of rotatable bonds is 3. The van der Waals surface area contributed by atoms with Crippen molar-refractivity contribution >= 4 is 0 Å². The highest BCUT2D eigenvalue weighted by molar-refractivity contribution is 5.45. The average molecular weight is 218 g/mol. The second-order valence-corrected chi connectivity index (χ2v) is 3.19. The summed E-state index contributed by atoms with van der Waals surface area (Å²) in [5, 5.41) is 0. The zero-order valence-electron chi connectivity index (χ0n) is 9.33. The summed E-state index contributed by atoms with van der Waals surface area (Å²) >= 11 is 0. The van der Waals surface area contributed by atoms with Gasteiger partial charge in [0.15, 0.2) is 0 Å². The van der Waals surface area contributed by atoms with Crippen LogP contribution in [0.2, 0.25) is 0 Å². The lowest BCUT2D eigenvalue weighted by molar-refractivity contribution is -0.899. The Morgan fingerprint density at radius 2 is 1.19 bits per heavy atom. The second-order valence-electron chi connectivity index (χ2n) is 3.19. The number of pyridine rings is 2. The van der Waals surface area contributed by atoms with Gasteiger partial charge in [-0.3, -0.25) is 9.68 Å². The van der Waals surface area contributed by atoms with Crippen molar-refractivity contribution < 1.29 is 19.1 Å². The van der Waals surface area contributed by atoms with Gasteiger partial charge in [-0.15, -0.1) is 0 Å². The molecule has 0 aliphatic rings. The summed E-state index contributed by atoms with van der Waals surface area (Å²) in [6.07, 6.45) is 3.70. The Kier molecular flexibility index (Phi) is 3.00. The lowest BCUT2D eigenvalue weighted by Gasteiger charge is -1.98. The van der Waals surface area contributed by atoms with E-state index < -0.39 is 0 Å². The first-order valence-electron chi connectivity index (χ1n) is 4.97. The molecule has 2 heterocycles. The van der Waals surface area contributed by atoms with Crippen molar-refractivity contribution in [3.8, 4) is 11.4 Å². The molecular weight excluding hydrogens is 204 g/mol. The van der Waals surface area contributed by atoms with Crippen LogP contribution < -0.4 is 19.1 Å². The van der Waals surface area contributed by atoms with E-state index in [9.17, 15) is 0 Å². The first kappa shape index (κ1) is 10.4. The molecule has 0 fully saturated rings. The first-order valence-corrected chi connectivity index (χ1v) is 4.97. The molecule has 0 saturated carbocycles. The van der Waals surface area contributed by atoms with Crippen molar-refractivity contribution in [2.24, 2.45) is 0 Å². The summed E-state index contributed by atoms with van der Waals surface area (Å²) in [5.41, 5.74) is 1.85. The molecule has 0 aliphatic heterocycles. The third-order valence-corrected chi connectivity index (χ3v) is 2.30. The molecular formula is C12H14N2O2+2. The Balaban J connectivity index is 2.58. The van der Waals surface area contributed by atoms with Crippen LogP contribution in [0.4, 0.5) is 0 Å². The van der Waals surface area contributed by atoms with Gasteiger partial charge in [0.2, 0.25) is 12.4 Å². The fourth-order valence-electron chi connectivity index (χ4n) is 1.57. The molecule has 0 radical (unpaired) electrons. The third-order valence-electron chi connectivity index (χ3n) is 2.30. The lowest BCUT2D eigenvalue weighted by Crippen LogP contribution is -2.48. The van der Waals surface area contributed by atoms with E-state index in [4.69, 9.17) is 9.68 Å². The molecule has 4 nitrogen and oxygen atoms in total. The maximum absolute atomic E-state index is 5.25. The lowest BCUT2D eigenvalue weighted by atomic mass is 10.2. The largest absolute Gasteiger partial charge is 0.332 e. The minimum absolute atomic E-state index is 0.924. The molecule has 16 heavy (non-hydrogen) atoms. The summed E-state index contributed by atoms with van der Waals surface area (Å²) < 4.78 is 3.37. The van der Waals surface area contributed by atoms with Crippen LogP contribution in [0.15, 0.2) is 48.8 Å². The van der Waals surface area contributed by atoms with Crippen LogP contribution in [0.1, 0.15) is 0 Å². The fraction of sp³-hybridized carbons (Fsp3) is 0.167. The number of hydrogen-bond acceptors (Lipinski definition) is 2. The maximum atomic E-state index is 5.25. The SMILES string of the molecule is CO[n+]1ccccc1-c1cccc[n+]1OC. The van der Waals surface area contributed by atoms with E-state index in [1.54, 1.807) is 23.7 Å². The van der Waals surface area contributed by atoms with Gasteiger partial charge in [0.05, 0.1) is 0 Å². The second kappa shape index (κ2) is 4.61. The predicted octanol–water partition coefficient (Wildman–Crippen LogP) is 0.0454. The van der Waals surface area contributed by atoms with Crippen molar-refractivity contribution in [3.63, 3.8) is 0 Å². The van der Waals surface area contributed by atoms with Crippen LogP contribution in [0.25, 0.3) is 11.4 Å². The maximum Gasteiger partial charge on any atom is 0.332 e. The summed E-state index contributed by atoms with van der Waals surface area (Å²) in [5.74, 6) is 0. The molecule has 0 aliphatic carbocycles. The van der Waals surface area contributed by atoms with Crippen molar-refractivity contribution in [2.45, 2.75) is 0 Å². The van der Waals surface area contributed by atoms with Gasteiger partial charge in [-0.05, 0) is 12.1 Å². The Morgan fingerprint density at radius 1 is 0.750 bits per heavy atom. The molecule has 4 heteroatoms. The summed E-state index contributed by atoms with van der Waals surface area (Å²) in [6, 6.07) is 11.7. The van der Waals surface area contributed by atoms with E-state index in [0.717, 1.165) is 11.4 Å². The van der Waals surface area contributed by atoms with Crippen LogP contribution in [0.3, 0.4) is 0 Å². The molecule has 2 aromatic heterocycles. The van der Waals surface area contributed by atoms with Crippen LogP contribution in [-0.2, 0) is 0 Å². The van der Waals surface area contributed by atoms with E-state index in [2.05, 4.69) is 0 Å². The van der Waals surface area contributed by atoms with Gasteiger partial charge >= 0.3 is 11.4 Å². The Bertz CT molecular complexity index is 440. The molecule has 0 saturated heterocycles. The van der Waals surface area contributed by atoms with Gasteiger partial charge in [0, 0.05) is 33.7 Å². The average Bonchev–Trinajstić information content (AvgIpc) is 2.38. The van der Waals surface area contributed by atoms with E-state index in [-0.39, 0.29) is 0 Å². The number of aromatic nitrogens is 2. The summed E-state index contributed by atoms with van der Waals surface area (Å²) in [4.78, 5) is 10.5. The minimum Gasteiger partial charge on any atom is -0.274 e. The van der Waals surface area contributed by atoms with E-state index in [1.165, 1.54) is 0 Å². The van der Waals surface area contributed by atoms with Crippen molar-refractivity contribution in [2.75, 3.05) is 14.2 Å². The van der Waals surface area contributed by atoms with Crippen molar-refractivity contribution in [1.82, 2.24) is 0 Å². The van der Waals surface area contributed by atoms with Gasteiger partial charge in [0.25, 0.3) is 0 Å². The Hall–Kier alpha value is -2.10. The molecule has 0 spiro atoms. The molecule has 0 unspecified atom stereocenters. The van der Waals surface area contributed by atoms with Crippen molar-refractivity contribution in [3.05, 3.63) is 48.8 Å². The molecule has 82 valence electrons. The van der Waals surface area contributed by atoms with Gasteiger partial charge in [-0.1, -0.05) is 0 Å². The fourth-order valence-corrected chi connectivity index (χ4v) is 1.57. The summed E-state index contributed by atoms with van der Waals surface area (Å²) in [6.45, 7) is 0. The Labute approximate surface area is 94.2 Å². The molecule has 2 aromatic rings. The topological polar surface area (TPSA) is 26.2 Å². The predicted molar refractivity (Wildman–Crippen MR) is 57.3 cm³/mol. The monoisotopic (exact) mass is 218 g/mol. The standard InChI is InChI=1S/C12H14N2O2/c1-15-13-9-5-3-7-11(13)12-8-4-6-10-14(12)16-2/h3-10H,1-2H3/q+2. The van der Waals surface area contributed by atoms with Gasteiger partial charge in [0.1, 0.15) is 14.2 Å². The number of nitrogens with zero attached hydrogens (tertiary/aromatic N) is 2. The van der Waals surface area contributed by atoms with Crippen LogP contribution in [-0.4, -0.2) is 14.2 Å². The van der Waals surface area contributed by atoms with Gasteiger partial charge in [-0.25, -0.2) is 0 Å². The highest BCUT2D eigenvalue weighted by Crippen LogP contribution is 2.08.